The summed E-state index contributed by atoms with van der Waals surface area (Å²) in [5, 5.41) is 0. The molecule has 1 aromatic rings. The Hall–Kier alpha value is -1.63. The SMILES string of the molecule is CC(C)N1CCN2c3ncc(C(F)(F)F)cc3C(=O)C[C@@H]2C1. The van der Waals surface area contributed by atoms with E-state index in [1.165, 1.54) is 0 Å². The van der Waals surface area contributed by atoms with Crippen molar-refractivity contribution in [1.82, 2.24) is 9.88 Å². The van der Waals surface area contributed by atoms with Gasteiger partial charge in [0.05, 0.1) is 17.2 Å². The number of piperazine rings is 1. The van der Waals surface area contributed by atoms with Crippen LogP contribution in [0, 0.1) is 0 Å². The molecule has 3 heterocycles. The van der Waals surface area contributed by atoms with Gasteiger partial charge in [0.25, 0.3) is 0 Å². The zero-order chi connectivity index (χ0) is 16.1. The van der Waals surface area contributed by atoms with Gasteiger partial charge in [0.1, 0.15) is 5.82 Å². The van der Waals surface area contributed by atoms with E-state index >= 15 is 0 Å². The van der Waals surface area contributed by atoms with Crippen molar-refractivity contribution in [2.75, 3.05) is 24.5 Å². The predicted octanol–water partition coefficient (Wildman–Crippen LogP) is 2.59. The van der Waals surface area contributed by atoms with E-state index < -0.39 is 11.7 Å². The van der Waals surface area contributed by atoms with Gasteiger partial charge in [-0.1, -0.05) is 0 Å². The Labute approximate surface area is 126 Å². The lowest BCUT2D eigenvalue weighted by Crippen LogP contribution is -2.57. The van der Waals surface area contributed by atoms with E-state index in [0.29, 0.717) is 18.4 Å². The summed E-state index contributed by atoms with van der Waals surface area (Å²) in [6.07, 6.45) is -3.40. The molecular weight excluding hydrogens is 295 g/mol. The van der Waals surface area contributed by atoms with Crippen LogP contribution in [0.4, 0.5) is 19.0 Å². The minimum absolute atomic E-state index is 0.000358. The highest BCUT2D eigenvalue weighted by Crippen LogP contribution is 2.36. The molecule has 0 N–H and O–H groups in total. The lowest BCUT2D eigenvalue weighted by molar-refractivity contribution is -0.137. The van der Waals surface area contributed by atoms with Crippen molar-refractivity contribution in [2.45, 2.75) is 38.5 Å². The van der Waals surface area contributed by atoms with Crippen LogP contribution in [0.3, 0.4) is 0 Å². The van der Waals surface area contributed by atoms with Crippen LogP contribution >= 0.6 is 0 Å². The fraction of sp³-hybridized carbons (Fsp3) is 0.600. The number of carbonyl (C=O) groups is 1. The third-order valence-corrected chi connectivity index (χ3v) is 4.43. The third kappa shape index (κ3) is 2.58. The van der Waals surface area contributed by atoms with E-state index in [-0.39, 0.29) is 23.8 Å². The van der Waals surface area contributed by atoms with Gasteiger partial charge < -0.3 is 4.90 Å². The third-order valence-electron chi connectivity index (χ3n) is 4.43. The lowest BCUT2D eigenvalue weighted by Gasteiger charge is -2.46. The number of anilines is 1. The van der Waals surface area contributed by atoms with E-state index in [1.807, 2.05) is 4.90 Å². The van der Waals surface area contributed by atoms with Crippen molar-refractivity contribution in [3.8, 4) is 0 Å². The Bertz CT molecular complexity index is 600. The number of pyridine rings is 1. The Balaban J connectivity index is 1.93. The molecule has 120 valence electrons. The largest absolute Gasteiger partial charge is 0.417 e. The van der Waals surface area contributed by atoms with E-state index in [0.717, 1.165) is 25.4 Å². The topological polar surface area (TPSA) is 36.4 Å². The molecule has 2 aliphatic rings. The van der Waals surface area contributed by atoms with E-state index in [9.17, 15) is 18.0 Å². The summed E-state index contributed by atoms with van der Waals surface area (Å²) in [7, 11) is 0. The van der Waals surface area contributed by atoms with Gasteiger partial charge in [-0.3, -0.25) is 9.69 Å². The second-order valence-corrected chi connectivity index (χ2v) is 6.16. The van der Waals surface area contributed by atoms with Crippen molar-refractivity contribution in [3.05, 3.63) is 23.4 Å². The van der Waals surface area contributed by atoms with Crippen molar-refractivity contribution in [2.24, 2.45) is 0 Å². The van der Waals surface area contributed by atoms with Crippen molar-refractivity contribution in [1.29, 1.82) is 0 Å². The predicted molar refractivity (Wildman–Crippen MR) is 76.0 cm³/mol. The highest BCUT2D eigenvalue weighted by Gasteiger charge is 2.39. The average Bonchev–Trinajstić information content (AvgIpc) is 2.45. The molecule has 3 rings (SSSR count). The Morgan fingerprint density at radius 2 is 2.05 bits per heavy atom. The number of nitrogens with zero attached hydrogens (tertiary/aromatic N) is 3. The molecule has 0 spiro atoms. The fourth-order valence-corrected chi connectivity index (χ4v) is 3.17. The second-order valence-electron chi connectivity index (χ2n) is 6.16. The van der Waals surface area contributed by atoms with Gasteiger partial charge in [0, 0.05) is 38.3 Å². The monoisotopic (exact) mass is 313 g/mol. The molecule has 1 atom stereocenters. The fourth-order valence-electron chi connectivity index (χ4n) is 3.17. The molecule has 0 amide bonds. The summed E-state index contributed by atoms with van der Waals surface area (Å²) >= 11 is 0. The number of ketones is 1. The van der Waals surface area contributed by atoms with Gasteiger partial charge in [-0.05, 0) is 19.9 Å². The number of rotatable bonds is 1. The first-order chi connectivity index (χ1) is 10.3. The summed E-state index contributed by atoms with van der Waals surface area (Å²) in [4.78, 5) is 20.5. The second kappa shape index (κ2) is 5.22. The molecule has 1 fully saturated rings. The molecule has 0 unspecified atom stereocenters. The van der Waals surface area contributed by atoms with Crippen molar-refractivity contribution < 1.29 is 18.0 Å². The maximum atomic E-state index is 12.8. The maximum Gasteiger partial charge on any atom is 0.417 e. The molecule has 4 nitrogen and oxygen atoms in total. The number of fused-ring (bicyclic) bond motifs is 3. The highest BCUT2D eigenvalue weighted by molar-refractivity contribution is 6.03. The zero-order valence-corrected chi connectivity index (χ0v) is 12.5. The number of hydrogen-bond acceptors (Lipinski definition) is 4. The Morgan fingerprint density at radius 3 is 2.68 bits per heavy atom. The zero-order valence-electron chi connectivity index (χ0n) is 12.5. The Kier molecular flexibility index (Phi) is 3.63. The van der Waals surface area contributed by atoms with Gasteiger partial charge in [-0.25, -0.2) is 4.98 Å². The van der Waals surface area contributed by atoms with Crippen LogP contribution in [-0.4, -0.2) is 47.4 Å². The molecule has 0 bridgehead atoms. The van der Waals surface area contributed by atoms with Gasteiger partial charge in [-0.15, -0.1) is 0 Å². The molecular formula is C15H18F3N3O. The quantitative estimate of drug-likeness (QED) is 0.798. The van der Waals surface area contributed by atoms with E-state index in [1.54, 1.807) is 0 Å². The lowest BCUT2D eigenvalue weighted by atomic mass is 9.94. The molecule has 7 heteroatoms. The number of alkyl halides is 3. The van der Waals surface area contributed by atoms with E-state index in [2.05, 4.69) is 23.7 Å². The van der Waals surface area contributed by atoms with E-state index in [4.69, 9.17) is 0 Å². The van der Waals surface area contributed by atoms with Crippen LogP contribution in [0.15, 0.2) is 12.3 Å². The molecule has 2 aliphatic heterocycles. The van der Waals surface area contributed by atoms with Crippen LogP contribution in [-0.2, 0) is 6.18 Å². The summed E-state index contributed by atoms with van der Waals surface area (Å²) in [5.74, 6) is 0.151. The highest BCUT2D eigenvalue weighted by atomic mass is 19.4. The first-order valence-corrected chi connectivity index (χ1v) is 7.38. The smallest absolute Gasteiger partial charge is 0.350 e. The summed E-state index contributed by atoms with van der Waals surface area (Å²) in [5.41, 5.74) is -0.761. The first kappa shape index (κ1) is 15.3. The summed E-state index contributed by atoms with van der Waals surface area (Å²) in [6.45, 7) is 6.45. The Morgan fingerprint density at radius 1 is 1.32 bits per heavy atom. The van der Waals surface area contributed by atoms with Crippen molar-refractivity contribution in [3.63, 3.8) is 0 Å². The minimum Gasteiger partial charge on any atom is -0.350 e. The molecule has 1 aromatic heterocycles. The normalized spacial score (nSPS) is 22.7. The minimum atomic E-state index is -4.48. The number of Topliss-reactive ketones (excluding diaryl/α,β-unsaturated/α-hetero) is 1. The van der Waals surface area contributed by atoms with Gasteiger partial charge in [0.15, 0.2) is 5.78 Å². The number of carbonyl (C=O) groups excluding carboxylic acids is 1. The number of aromatic nitrogens is 1. The molecule has 0 radical (unpaired) electrons. The molecule has 0 aliphatic carbocycles. The van der Waals surface area contributed by atoms with Gasteiger partial charge >= 0.3 is 6.18 Å². The molecule has 22 heavy (non-hydrogen) atoms. The van der Waals surface area contributed by atoms with Crippen molar-refractivity contribution >= 4 is 11.6 Å². The van der Waals surface area contributed by atoms with Gasteiger partial charge in [0.2, 0.25) is 0 Å². The molecule has 0 aromatic carbocycles. The van der Waals surface area contributed by atoms with Crippen LogP contribution < -0.4 is 4.90 Å². The van der Waals surface area contributed by atoms with Crippen LogP contribution in [0.2, 0.25) is 0 Å². The van der Waals surface area contributed by atoms with Crippen LogP contribution in [0.5, 0.6) is 0 Å². The number of hydrogen-bond donors (Lipinski definition) is 0. The maximum absolute atomic E-state index is 12.8. The summed E-state index contributed by atoms with van der Waals surface area (Å²) < 4.78 is 38.4. The summed E-state index contributed by atoms with van der Waals surface area (Å²) in [6, 6.07) is 1.33. The van der Waals surface area contributed by atoms with Crippen LogP contribution in [0.1, 0.15) is 36.2 Å². The van der Waals surface area contributed by atoms with Gasteiger partial charge in [-0.2, -0.15) is 13.2 Å². The molecule has 0 saturated carbocycles. The standard InChI is InChI=1S/C15H18F3N3O/c1-9(2)20-3-4-21-11(8-20)6-13(22)12-5-10(15(16,17)18)7-19-14(12)21/h5,7,9,11H,3-4,6,8H2,1-2H3/t11-/m1/s1. The average molecular weight is 313 g/mol. The first-order valence-electron chi connectivity index (χ1n) is 7.38. The molecule has 1 saturated heterocycles. The van der Waals surface area contributed by atoms with Crippen LogP contribution in [0.25, 0.3) is 0 Å². The number of halogens is 3.